The molecule has 3 nitrogen and oxygen atoms in total. The van der Waals surface area contributed by atoms with E-state index in [2.05, 4.69) is 0 Å². The SMILES string of the molecule is CC(=O)OC1Cc2ccc(C(C)=O)cc2C1. The summed E-state index contributed by atoms with van der Waals surface area (Å²) in [6, 6.07) is 5.69. The lowest BCUT2D eigenvalue weighted by Crippen LogP contribution is -2.15. The number of Topliss-reactive ketones (excluding diaryl/α,β-unsaturated/α-hetero) is 1. The van der Waals surface area contributed by atoms with E-state index in [9.17, 15) is 9.59 Å². The van der Waals surface area contributed by atoms with Crippen molar-refractivity contribution in [1.82, 2.24) is 0 Å². The van der Waals surface area contributed by atoms with Crippen LogP contribution in [0.5, 0.6) is 0 Å². The molecule has 2 rings (SSSR count). The van der Waals surface area contributed by atoms with E-state index in [0.717, 1.165) is 24.0 Å². The van der Waals surface area contributed by atoms with Crippen molar-refractivity contribution in [2.45, 2.75) is 32.8 Å². The number of hydrogen-bond donors (Lipinski definition) is 0. The van der Waals surface area contributed by atoms with Crippen molar-refractivity contribution in [1.29, 1.82) is 0 Å². The summed E-state index contributed by atoms with van der Waals surface area (Å²) in [5.41, 5.74) is 3.03. The number of fused-ring (bicyclic) bond motifs is 1. The quantitative estimate of drug-likeness (QED) is 0.562. The Morgan fingerprint density at radius 3 is 2.50 bits per heavy atom. The lowest BCUT2D eigenvalue weighted by molar-refractivity contribution is -0.145. The smallest absolute Gasteiger partial charge is 0.302 e. The first-order chi connectivity index (χ1) is 7.56. The monoisotopic (exact) mass is 218 g/mol. The number of rotatable bonds is 2. The van der Waals surface area contributed by atoms with Crippen molar-refractivity contribution in [3.05, 3.63) is 34.9 Å². The minimum Gasteiger partial charge on any atom is -0.462 e. The molecule has 0 amide bonds. The van der Waals surface area contributed by atoms with E-state index >= 15 is 0 Å². The van der Waals surface area contributed by atoms with Gasteiger partial charge in [-0.1, -0.05) is 12.1 Å². The van der Waals surface area contributed by atoms with Crippen LogP contribution in [-0.4, -0.2) is 17.9 Å². The summed E-state index contributed by atoms with van der Waals surface area (Å²) >= 11 is 0. The van der Waals surface area contributed by atoms with Crippen LogP contribution in [0.1, 0.15) is 35.3 Å². The molecule has 0 N–H and O–H groups in total. The van der Waals surface area contributed by atoms with Crippen LogP contribution < -0.4 is 0 Å². The highest BCUT2D eigenvalue weighted by molar-refractivity contribution is 5.94. The molecule has 1 aromatic carbocycles. The van der Waals surface area contributed by atoms with Crippen LogP contribution in [0.3, 0.4) is 0 Å². The highest BCUT2D eigenvalue weighted by Crippen LogP contribution is 2.25. The second kappa shape index (κ2) is 4.08. The molecular formula is C13H14O3. The number of carbonyl (C=O) groups is 2. The Balaban J connectivity index is 2.18. The second-order valence-corrected chi connectivity index (χ2v) is 4.18. The van der Waals surface area contributed by atoms with Gasteiger partial charge in [-0.05, 0) is 24.1 Å². The Labute approximate surface area is 94.4 Å². The molecule has 0 spiro atoms. The van der Waals surface area contributed by atoms with Crippen LogP contribution in [0.2, 0.25) is 0 Å². The minimum absolute atomic E-state index is 0.0605. The first kappa shape index (κ1) is 10.9. The van der Waals surface area contributed by atoms with Crippen molar-refractivity contribution >= 4 is 11.8 Å². The van der Waals surface area contributed by atoms with Gasteiger partial charge in [0.05, 0.1) is 0 Å². The topological polar surface area (TPSA) is 43.4 Å². The zero-order valence-electron chi connectivity index (χ0n) is 9.45. The van der Waals surface area contributed by atoms with Crippen LogP contribution in [0.15, 0.2) is 18.2 Å². The molecule has 0 heterocycles. The summed E-state index contributed by atoms with van der Waals surface area (Å²) in [6.45, 7) is 2.98. The highest BCUT2D eigenvalue weighted by atomic mass is 16.5. The van der Waals surface area contributed by atoms with Crippen molar-refractivity contribution < 1.29 is 14.3 Å². The molecule has 3 heteroatoms. The van der Waals surface area contributed by atoms with E-state index in [4.69, 9.17) is 4.74 Å². The first-order valence-corrected chi connectivity index (χ1v) is 5.36. The van der Waals surface area contributed by atoms with Gasteiger partial charge in [-0.15, -0.1) is 0 Å². The lowest BCUT2D eigenvalue weighted by atomic mass is 10.0. The largest absolute Gasteiger partial charge is 0.462 e. The van der Waals surface area contributed by atoms with Crippen LogP contribution in [-0.2, 0) is 22.4 Å². The van der Waals surface area contributed by atoms with Gasteiger partial charge in [0.1, 0.15) is 6.10 Å². The molecule has 84 valence electrons. The molecule has 0 aromatic heterocycles. The van der Waals surface area contributed by atoms with Crippen molar-refractivity contribution in [2.75, 3.05) is 0 Å². The number of ketones is 1. The van der Waals surface area contributed by atoms with Crippen LogP contribution >= 0.6 is 0 Å². The zero-order chi connectivity index (χ0) is 11.7. The zero-order valence-corrected chi connectivity index (χ0v) is 9.45. The van der Waals surface area contributed by atoms with Crippen LogP contribution in [0.25, 0.3) is 0 Å². The highest BCUT2D eigenvalue weighted by Gasteiger charge is 2.24. The standard InChI is InChI=1S/C13H14O3/c1-8(14)10-3-4-11-6-13(16-9(2)15)7-12(11)5-10/h3-5,13H,6-7H2,1-2H3. The molecule has 0 saturated heterocycles. The van der Waals surface area contributed by atoms with Gasteiger partial charge in [0, 0.05) is 25.3 Å². The number of carbonyl (C=O) groups excluding carboxylic acids is 2. The Morgan fingerprint density at radius 1 is 1.19 bits per heavy atom. The first-order valence-electron chi connectivity index (χ1n) is 5.36. The molecular weight excluding hydrogens is 204 g/mol. The Kier molecular flexibility index (Phi) is 2.77. The normalized spacial score (nSPS) is 18.0. The van der Waals surface area contributed by atoms with Crippen LogP contribution in [0.4, 0.5) is 0 Å². The van der Waals surface area contributed by atoms with E-state index in [0.29, 0.717) is 0 Å². The van der Waals surface area contributed by atoms with Crippen LogP contribution in [0, 0.1) is 0 Å². The van der Waals surface area contributed by atoms with E-state index in [-0.39, 0.29) is 17.9 Å². The van der Waals surface area contributed by atoms with E-state index in [1.54, 1.807) is 6.92 Å². The molecule has 1 atom stereocenters. The fourth-order valence-electron chi connectivity index (χ4n) is 2.11. The van der Waals surface area contributed by atoms with Gasteiger partial charge in [-0.3, -0.25) is 9.59 Å². The van der Waals surface area contributed by atoms with E-state index < -0.39 is 0 Å². The Hall–Kier alpha value is -1.64. The number of hydrogen-bond acceptors (Lipinski definition) is 3. The molecule has 0 fully saturated rings. The molecule has 1 aliphatic rings. The second-order valence-electron chi connectivity index (χ2n) is 4.18. The third kappa shape index (κ3) is 2.13. The number of esters is 1. The number of benzene rings is 1. The molecule has 0 radical (unpaired) electrons. The van der Waals surface area contributed by atoms with Gasteiger partial charge in [-0.2, -0.15) is 0 Å². The minimum atomic E-state index is -0.246. The maximum atomic E-state index is 11.2. The van der Waals surface area contributed by atoms with Gasteiger partial charge in [-0.25, -0.2) is 0 Å². The summed E-state index contributed by atoms with van der Waals surface area (Å²) in [6.07, 6.45) is 1.41. The Bertz CT molecular complexity index is 448. The Morgan fingerprint density at radius 2 is 1.88 bits per heavy atom. The summed E-state index contributed by atoms with van der Waals surface area (Å²) in [4.78, 5) is 22.1. The summed E-state index contributed by atoms with van der Waals surface area (Å²) < 4.78 is 5.17. The lowest BCUT2D eigenvalue weighted by Gasteiger charge is -2.08. The summed E-state index contributed by atoms with van der Waals surface area (Å²) in [5.74, 6) is -0.177. The van der Waals surface area contributed by atoms with E-state index in [1.807, 2.05) is 18.2 Å². The van der Waals surface area contributed by atoms with Gasteiger partial charge in [0.15, 0.2) is 5.78 Å². The average molecular weight is 218 g/mol. The van der Waals surface area contributed by atoms with Crippen molar-refractivity contribution in [3.8, 4) is 0 Å². The summed E-state index contributed by atoms with van der Waals surface area (Å²) in [5, 5.41) is 0. The van der Waals surface area contributed by atoms with Gasteiger partial charge < -0.3 is 4.74 Å². The molecule has 0 saturated carbocycles. The molecule has 1 aliphatic carbocycles. The summed E-state index contributed by atoms with van der Waals surface area (Å²) in [7, 11) is 0. The molecule has 1 aromatic rings. The van der Waals surface area contributed by atoms with Gasteiger partial charge >= 0.3 is 5.97 Å². The van der Waals surface area contributed by atoms with Gasteiger partial charge in [0.25, 0.3) is 0 Å². The molecule has 1 unspecified atom stereocenters. The molecule has 16 heavy (non-hydrogen) atoms. The number of ether oxygens (including phenoxy) is 1. The predicted octanol–water partition coefficient (Wildman–Crippen LogP) is 1.92. The maximum Gasteiger partial charge on any atom is 0.302 e. The van der Waals surface area contributed by atoms with Crippen molar-refractivity contribution in [2.24, 2.45) is 0 Å². The maximum absolute atomic E-state index is 11.2. The average Bonchev–Trinajstić information content (AvgIpc) is 2.56. The third-order valence-corrected chi connectivity index (χ3v) is 2.84. The van der Waals surface area contributed by atoms with Crippen molar-refractivity contribution in [3.63, 3.8) is 0 Å². The molecule has 0 aliphatic heterocycles. The fraction of sp³-hybridized carbons (Fsp3) is 0.385. The predicted molar refractivity (Wildman–Crippen MR) is 59.4 cm³/mol. The fourth-order valence-corrected chi connectivity index (χ4v) is 2.11. The van der Waals surface area contributed by atoms with E-state index in [1.165, 1.54) is 12.5 Å². The third-order valence-electron chi connectivity index (χ3n) is 2.84. The molecule has 0 bridgehead atoms. The van der Waals surface area contributed by atoms with Gasteiger partial charge in [0.2, 0.25) is 0 Å².